The molecule has 0 spiro atoms. The van der Waals surface area contributed by atoms with Crippen LogP contribution in [-0.2, 0) is 0 Å². The predicted molar refractivity (Wildman–Crippen MR) is 55.2 cm³/mol. The standard InChI is InChI=1S/C12H12O/c1-9-7-11(13-2)8-10-5-3-4-6-12(9)10/h3-8H,1-2H3. The normalized spacial score (nSPS) is 10.3. The van der Waals surface area contributed by atoms with E-state index in [1.54, 1.807) is 7.11 Å². The third-order valence-electron chi connectivity index (χ3n) is 2.28. The maximum absolute atomic E-state index is 5.20. The fourth-order valence-corrected chi connectivity index (χ4v) is 1.59. The fraction of sp³-hybridized carbons (Fsp3) is 0.167. The summed E-state index contributed by atoms with van der Waals surface area (Å²) in [4.78, 5) is 0. The zero-order valence-electron chi connectivity index (χ0n) is 7.87. The maximum atomic E-state index is 5.20. The third-order valence-corrected chi connectivity index (χ3v) is 2.28. The van der Waals surface area contributed by atoms with Crippen molar-refractivity contribution >= 4 is 10.8 Å². The Hall–Kier alpha value is -1.50. The monoisotopic (exact) mass is 172 g/mol. The molecular formula is C12H12O. The highest BCUT2D eigenvalue weighted by Gasteiger charge is 1.98. The van der Waals surface area contributed by atoms with Crippen LogP contribution in [0.15, 0.2) is 36.4 Å². The molecule has 0 bridgehead atoms. The van der Waals surface area contributed by atoms with Crippen molar-refractivity contribution in [1.82, 2.24) is 0 Å². The van der Waals surface area contributed by atoms with Gasteiger partial charge in [-0.25, -0.2) is 0 Å². The Bertz CT molecular complexity index is 432. The van der Waals surface area contributed by atoms with Crippen LogP contribution in [0.3, 0.4) is 0 Å². The second-order valence-corrected chi connectivity index (χ2v) is 3.17. The Morgan fingerprint density at radius 2 is 1.85 bits per heavy atom. The van der Waals surface area contributed by atoms with E-state index in [1.165, 1.54) is 16.3 Å². The molecule has 0 atom stereocenters. The third kappa shape index (κ3) is 1.37. The summed E-state index contributed by atoms with van der Waals surface area (Å²) in [7, 11) is 1.70. The van der Waals surface area contributed by atoms with E-state index in [9.17, 15) is 0 Å². The topological polar surface area (TPSA) is 9.23 Å². The SMILES string of the molecule is COc1cc(C)c2ccccc2c1. The van der Waals surface area contributed by atoms with Crippen LogP contribution in [0.2, 0.25) is 0 Å². The average Bonchev–Trinajstić information content (AvgIpc) is 2.18. The Balaban J connectivity index is 2.77. The molecule has 0 unspecified atom stereocenters. The van der Waals surface area contributed by atoms with Gasteiger partial charge in [-0.15, -0.1) is 0 Å². The molecular weight excluding hydrogens is 160 g/mol. The number of benzene rings is 2. The van der Waals surface area contributed by atoms with Gasteiger partial charge in [-0.1, -0.05) is 24.3 Å². The average molecular weight is 172 g/mol. The van der Waals surface area contributed by atoms with Crippen LogP contribution < -0.4 is 4.74 Å². The minimum absolute atomic E-state index is 0.927. The minimum atomic E-state index is 0.927. The van der Waals surface area contributed by atoms with Gasteiger partial charge < -0.3 is 4.74 Å². The predicted octanol–water partition coefficient (Wildman–Crippen LogP) is 3.16. The van der Waals surface area contributed by atoms with E-state index in [2.05, 4.69) is 37.3 Å². The number of hydrogen-bond donors (Lipinski definition) is 0. The van der Waals surface area contributed by atoms with Gasteiger partial charge in [-0.3, -0.25) is 0 Å². The number of ether oxygens (including phenoxy) is 1. The lowest BCUT2D eigenvalue weighted by Crippen LogP contribution is -1.85. The first-order valence-electron chi connectivity index (χ1n) is 4.34. The maximum Gasteiger partial charge on any atom is 0.119 e. The summed E-state index contributed by atoms with van der Waals surface area (Å²) in [6, 6.07) is 12.4. The number of methoxy groups -OCH3 is 1. The first-order chi connectivity index (χ1) is 6.31. The molecule has 0 N–H and O–H groups in total. The Morgan fingerprint density at radius 3 is 2.62 bits per heavy atom. The van der Waals surface area contributed by atoms with Crippen molar-refractivity contribution in [3.05, 3.63) is 42.0 Å². The Kier molecular flexibility index (Phi) is 1.93. The molecule has 66 valence electrons. The molecule has 2 aromatic carbocycles. The van der Waals surface area contributed by atoms with Crippen LogP contribution in [0.4, 0.5) is 0 Å². The van der Waals surface area contributed by atoms with Gasteiger partial charge in [-0.05, 0) is 35.4 Å². The zero-order valence-corrected chi connectivity index (χ0v) is 7.87. The highest BCUT2D eigenvalue weighted by Crippen LogP contribution is 2.24. The largest absolute Gasteiger partial charge is 0.497 e. The first kappa shape index (κ1) is 8.11. The van der Waals surface area contributed by atoms with Crippen molar-refractivity contribution in [3.8, 4) is 5.75 Å². The molecule has 0 heterocycles. The van der Waals surface area contributed by atoms with Gasteiger partial charge >= 0.3 is 0 Å². The smallest absolute Gasteiger partial charge is 0.119 e. The second-order valence-electron chi connectivity index (χ2n) is 3.17. The van der Waals surface area contributed by atoms with Gasteiger partial charge in [0.1, 0.15) is 5.75 Å². The first-order valence-corrected chi connectivity index (χ1v) is 4.34. The van der Waals surface area contributed by atoms with E-state index in [1.807, 2.05) is 6.07 Å². The number of hydrogen-bond acceptors (Lipinski definition) is 1. The van der Waals surface area contributed by atoms with Gasteiger partial charge in [0.15, 0.2) is 0 Å². The van der Waals surface area contributed by atoms with E-state index in [-0.39, 0.29) is 0 Å². The van der Waals surface area contributed by atoms with Crippen LogP contribution in [-0.4, -0.2) is 7.11 Å². The van der Waals surface area contributed by atoms with E-state index in [4.69, 9.17) is 4.74 Å². The lowest BCUT2D eigenvalue weighted by atomic mass is 10.1. The summed E-state index contributed by atoms with van der Waals surface area (Å²) in [5, 5.41) is 2.53. The van der Waals surface area contributed by atoms with Crippen LogP contribution in [0, 0.1) is 6.92 Å². The molecule has 0 aromatic heterocycles. The molecule has 13 heavy (non-hydrogen) atoms. The highest BCUT2D eigenvalue weighted by molar-refractivity contribution is 5.86. The molecule has 0 saturated carbocycles. The van der Waals surface area contributed by atoms with Gasteiger partial charge in [-0.2, -0.15) is 0 Å². The molecule has 0 aliphatic carbocycles. The molecule has 1 nitrogen and oxygen atoms in total. The van der Waals surface area contributed by atoms with Gasteiger partial charge in [0.05, 0.1) is 7.11 Å². The van der Waals surface area contributed by atoms with Crippen LogP contribution in [0.5, 0.6) is 5.75 Å². The Morgan fingerprint density at radius 1 is 1.08 bits per heavy atom. The number of fused-ring (bicyclic) bond motifs is 1. The quantitative estimate of drug-likeness (QED) is 0.642. The van der Waals surface area contributed by atoms with Crippen molar-refractivity contribution in [3.63, 3.8) is 0 Å². The summed E-state index contributed by atoms with van der Waals surface area (Å²) in [6.07, 6.45) is 0. The lowest BCUT2D eigenvalue weighted by molar-refractivity contribution is 0.415. The van der Waals surface area contributed by atoms with Crippen LogP contribution in [0.1, 0.15) is 5.56 Å². The molecule has 0 fully saturated rings. The summed E-state index contributed by atoms with van der Waals surface area (Å²) in [5.41, 5.74) is 1.26. The summed E-state index contributed by atoms with van der Waals surface area (Å²) in [6.45, 7) is 2.10. The van der Waals surface area contributed by atoms with Crippen molar-refractivity contribution < 1.29 is 4.74 Å². The molecule has 2 aromatic rings. The summed E-state index contributed by atoms with van der Waals surface area (Å²) < 4.78 is 5.20. The summed E-state index contributed by atoms with van der Waals surface area (Å²) in [5.74, 6) is 0.927. The van der Waals surface area contributed by atoms with Crippen molar-refractivity contribution in [2.24, 2.45) is 0 Å². The van der Waals surface area contributed by atoms with Gasteiger partial charge in [0, 0.05) is 0 Å². The summed E-state index contributed by atoms with van der Waals surface area (Å²) >= 11 is 0. The molecule has 0 radical (unpaired) electrons. The molecule has 0 aliphatic heterocycles. The van der Waals surface area contributed by atoms with E-state index >= 15 is 0 Å². The number of aryl methyl sites for hydroxylation is 1. The Labute approximate surface area is 78.0 Å². The highest BCUT2D eigenvalue weighted by atomic mass is 16.5. The van der Waals surface area contributed by atoms with Crippen molar-refractivity contribution in [2.75, 3.05) is 7.11 Å². The minimum Gasteiger partial charge on any atom is -0.497 e. The van der Waals surface area contributed by atoms with E-state index < -0.39 is 0 Å². The van der Waals surface area contributed by atoms with Crippen molar-refractivity contribution in [1.29, 1.82) is 0 Å². The lowest BCUT2D eigenvalue weighted by Gasteiger charge is -2.05. The number of rotatable bonds is 1. The molecule has 1 heteroatoms. The molecule has 0 saturated heterocycles. The molecule has 0 aliphatic rings. The fourth-order valence-electron chi connectivity index (χ4n) is 1.59. The second kappa shape index (κ2) is 3.09. The van der Waals surface area contributed by atoms with E-state index in [0.717, 1.165) is 5.75 Å². The van der Waals surface area contributed by atoms with E-state index in [0.29, 0.717) is 0 Å². The van der Waals surface area contributed by atoms with Gasteiger partial charge in [0.25, 0.3) is 0 Å². The molecule has 2 rings (SSSR count). The van der Waals surface area contributed by atoms with Crippen LogP contribution >= 0.6 is 0 Å². The van der Waals surface area contributed by atoms with Crippen LogP contribution in [0.25, 0.3) is 10.8 Å². The zero-order chi connectivity index (χ0) is 9.26. The van der Waals surface area contributed by atoms with Gasteiger partial charge in [0.2, 0.25) is 0 Å². The molecule has 0 amide bonds. The van der Waals surface area contributed by atoms with Crippen molar-refractivity contribution in [2.45, 2.75) is 6.92 Å².